The largest absolute Gasteiger partial charge is 0.352 e. The van der Waals surface area contributed by atoms with Crippen molar-refractivity contribution in [1.29, 1.82) is 0 Å². The highest BCUT2D eigenvalue weighted by Crippen LogP contribution is 2.19. The summed E-state index contributed by atoms with van der Waals surface area (Å²) in [6, 6.07) is 2.82. The zero-order valence-electron chi connectivity index (χ0n) is 9.40. The molecule has 1 aromatic carbocycles. The van der Waals surface area contributed by atoms with Crippen molar-refractivity contribution in [2.45, 2.75) is 19.8 Å². The molecular formula is C11H13FN2O3. The Labute approximate surface area is 97.8 Å². The molecule has 0 unspecified atom stereocenters. The molecule has 0 bridgehead atoms. The van der Waals surface area contributed by atoms with E-state index < -0.39 is 16.6 Å². The number of hydrogen-bond donors (Lipinski definition) is 1. The number of carbonyl (C=O) groups excluding carboxylic acids is 1. The molecule has 1 amide bonds. The van der Waals surface area contributed by atoms with Gasteiger partial charge in [-0.25, -0.2) is 4.39 Å². The number of nitrogens with zero attached hydrogens (tertiary/aromatic N) is 1. The van der Waals surface area contributed by atoms with E-state index in [0.717, 1.165) is 31.0 Å². The van der Waals surface area contributed by atoms with Crippen LogP contribution in [0.2, 0.25) is 0 Å². The quantitative estimate of drug-likeness (QED) is 0.487. The van der Waals surface area contributed by atoms with Gasteiger partial charge in [0.15, 0.2) is 0 Å². The van der Waals surface area contributed by atoms with Crippen LogP contribution in [0.1, 0.15) is 30.1 Å². The molecule has 92 valence electrons. The Morgan fingerprint density at radius 2 is 2.24 bits per heavy atom. The Balaban J connectivity index is 2.90. The number of rotatable bonds is 5. The number of hydrogen-bond acceptors (Lipinski definition) is 3. The zero-order chi connectivity index (χ0) is 12.8. The van der Waals surface area contributed by atoms with Gasteiger partial charge in [-0.05, 0) is 18.6 Å². The first-order chi connectivity index (χ1) is 8.06. The lowest BCUT2D eigenvalue weighted by molar-refractivity contribution is -0.385. The van der Waals surface area contributed by atoms with E-state index in [1.54, 1.807) is 0 Å². The number of amides is 1. The molecule has 5 nitrogen and oxygen atoms in total. The maximum atomic E-state index is 13.0. The topological polar surface area (TPSA) is 72.2 Å². The van der Waals surface area contributed by atoms with Crippen LogP contribution in [-0.4, -0.2) is 17.4 Å². The lowest BCUT2D eigenvalue weighted by Crippen LogP contribution is -2.25. The molecule has 1 aromatic rings. The smallest absolute Gasteiger partial charge is 0.282 e. The summed E-state index contributed by atoms with van der Waals surface area (Å²) < 4.78 is 13.0. The Kier molecular flexibility index (Phi) is 4.56. The summed E-state index contributed by atoms with van der Waals surface area (Å²) in [6.07, 6.45) is 1.67. The number of unbranched alkanes of at least 4 members (excludes halogenated alkanes) is 1. The number of nitro benzene ring substituents is 1. The van der Waals surface area contributed by atoms with Gasteiger partial charge in [0.2, 0.25) is 0 Å². The third-order valence-corrected chi connectivity index (χ3v) is 2.22. The van der Waals surface area contributed by atoms with E-state index in [0.29, 0.717) is 6.54 Å². The molecule has 0 aliphatic rings. The number of benzene rings is 1. The molecule has 0 heterocycles. The average molecular weight is 240 g/mol. The summed E-state index contributed by atoms with van der Waals surface area (Å²) in [5.74, 6) is -1.29. The summed E-state index contributed by atoms with van der Waals surface area (Å²) in [5, 5.41) is 13.2. The van der Waals surface area contributed by atoms with Crippen LogP contribution in [-0.2, 0) is 0 Å². The van der Waals surface area contributed by atoms with Gasteiger partial charge >= 0.3 is 0 Å². The van der Waals surface area contributed by atoms with E-state index in [-0.39, 0.29) is 11.3 Å². The van der Waals surface area contributed by atoms with Crippen LogP contribution in [0.4, 0.5) is 10.1 Å². The molecule has 0 aliphatic carbocycles. The molecule has 0 atom stereocenters. The normalized spacial score (nSPS) is 10.0. The lowest BCUT2D eigenvalue weighted by Gasteiger charge is -2.05. The maximum absolute atomic E-state index is 13.0. The summed E-state index contributed by atoms with van der Waals surface area (Å²) in [6.45, 7) is 2.37. The van der Waals surface area contributed by atoms with Crippen molar-refractivity contribution in [2.24, 2.45) is 0 Å². The molecule has 0 aromatic heterocycles. The first-order valence-electron chi connectivity index (χ1n) is 5.28. The highest BCUT2D eigenvalue weighted by molar-refractivity contribution is 5.98. The maximum Gasteiger partial charge on any atom is 0.282 e. The minimum Gasteiger partial charge on any atom is -0.352 e. The molecular weight excluding hydrogens is 227 g/mol. The molecule has 0 aliphatic heterocycles. The zero-order valence-corrected chi connectivity index (χ0v) is 9.40. The summed E-state index contributed by atoms with van der Waals surface area (Å²) in [4.78, 5) is 21.6. The van der Waals surface area contributed by atoms with E-state index in [2.05, 4.69) is 5.32 Å². The van der Waals surface area contributed by atoms with Crippen molar-refractivity contribution in [3.63, 3.8) is 0 Å². The molecule has 0 spiro atoms. The van der Waals surface area contributed by atoms with Gasteiger partial charge in [0, 0.05) is 12.6 Å². The van der Waals surface area contributed by atoms with Gasteiger partial charge in [-0.1, -0.05) is 13.3 Å². The Bertz CT molecular complexity index is 435. The van der Waals surface area contributed by atoms with Gasteiger partial charge in [-0.2, -0.15) is 0 Å². The second kappa shape index (κ2) is 5.93. The van der Waals surface area contributed by atoms with Gasteiger partial charge in [-0.15, -0.1) is 0 Å². The van der Waals surface area contributed by atoms with Gasteiger partial charge in [0.05, 0.1) is 4.92 Å². The standard InChI is InChI=1S/C11H13FN2O3/c1-2-3-6-13-11(15)9-7-8(12)4-5-10(9)14(16)17/h4-5,7H,2-3,6H2,1H3,(H,13,15). The van der Waals surface area contributed by atoms with E-state index in [1.165, 1.54) is 0 Å². The molecule has 1 N–H and O–H groups in total. The first kappa shape index (κ1) is 13.1. The number of nitro groups is 1. The minimum absolute atomic E-state index is 0.244. The SMILES string of the molecule is CCCCNC(=O)c1cc(F)ccc1[N+](=O)[O-]. The molecule has 0 saturated heterocycles. The second-order valence-electron chi connectivity index (χ2n) is 3.53. The highest BCUT2D eigenvalue weighted by atomic mass is 19.1. The summed E-state index contributed by atoms with van der Waals surface area (Å²) >= 11 is 0. The predicted molar refractivity (Wildman–Crippen MR) is 60.3 cm³/mol. The molecule has 0 saturated carbocycles. The number of nitrogens with one attached hydrogen (secondary N) is 1. The monoisotopic (exact) mass is 240 g/mol. The van der Waals surface area contributed by atoms with Crippen LogP contribution in [0.25, 0.3) is 0 Å². The van der Waals surface area contributed by atoms with Crippen molar-refractivity contribution >= 4 is 11.6 Å². The Morgan fingerprint density at radius 1 is 1.53 bits per heavy atom. The van der Waals surface area contributed by atoms with Crippen LogP contribution in [0.15, 0.2) is 18.2 Å². The van der Waals surface area contributed by atoms with Crippen molar-refractivity contribution < 1.29 is 14.1 Å². The van der Waals surface area contributed by atoms with Gasteiger partial charge in [-0.3, -0.25) is 14.9 Å². The third-order valence-electron chi connectivity index (χ3n) is 2.22. The van der Waals surface area contributed by atoms with E-state index in [1.807, 2.05) is 6.92 Å². The van der Waals surface area contributed by atoms with Crippen molar-refractivity contribution in [1.82, 2.24) is 5.32 Å². The average Bonchev–Trinajstić information content (AvgIpc) is 2.28. The second-order valence-corrected chi connectivity index (χ2v) is 3.53. The van der Waals surface area contributed by atoms with Crippen molar-refractivity contribution in [3.05, 3.63) is 39.7 Å². The minimum atomic E-state index is -0.700. The van der Waals surface area contributed by atoms with E-state index in [4.69, 9.17) is 0 Å². The van der Waals surface area contributed by atoms with Gasteiger partial charge in [0.25, 0.3) is 11.6 Å². The fraction of sp³-hybridized carbons (Fsp3) is 0.364. The Hall–Kier alpha value is -1.98. The van der Waals surface area contributed by atoms with Crippen molar-refractivity contribution in [2.75, 3.05) is 6.54 Å². The summed E-state index contributed by atoms with van der Waals surface area (Å²) in [5.41, 5.74) is -0.633. The fourth-order valence-corrected chi connectivity index (χ4v) is 1.32. The summed E-state index contributed by atoms with van der Waals surface area (Å²) in [7, 11) is 0. The molecule has 0 radical (unpaired) electrons. The van der Waals surface area contributed by atoms with Gasteiger partial charge in [0.1, 0.15) is 11.4 Å². The van der Waals surface area contributed by atoms with Crippen LogP contribution >= 0.6 is 0 Å². The highest BCUT2D eigenvalue weighted by Gasteiger charge is 2.20. The molecule has 17 heavy (non-hydrogen) atoms. The van der Waals surface area contributed by atoms with Crippen LogP contribution in [0.5, 0.6) is 0 Å². The van der Waals surface area contributed by atoms with Crippen LogP contribution < -0.4 is 5.32 Å². The van der Waals surface area contributed by atoms with E-state index in [9.17, 15) is 19.3 Å². The third kappa shape index (κ3) is 3.51. The first-order valence-corrected chi connectivity index (χ1v) is 5.28. The number of carbonyl (C=O) groups is 1. The van der Waals surface area contributed by atoms with Crippen LogP contribution in [0.3, 0.4) is 0 Å². The molecule has 6 heteroatoms. The predicted octanol–water partition coefficient (Wildman–Crippen LogP) is 2.26. The van der Waals surface area contributed by atoms with Crippen LogP contribution in [0, 0.1) is 15.9 Å². The van der Waals surface area contributed by atoms with Crippen molar-refractivity contribution in [3.8, 4) is 0 Å². The lowest BCUT2D eigenvalue weighted by atomic mass is 10.1. The fourth-order valence-electron chi connectivity index (χ4n) is 1.32. The van der Waals surface area contributed by atoms with Gasteiger partial charge < -0.3 is 5.32 Å². The van der Waals surface area contributed by atoms with E-state index >= 15 is 0 Å². The number of halogens is 1. The Morgan fingerprint density at radius 3 is 2.82 bits per heavy atom. The molecule has 1 rings (SSSR count). The molecule has 0 fully saturated rings.